The van der Waals surface area contributed by atoms with Crippen molar-refractivity contribution in [2.45, 2.75) is 146 Å². The van der Waals surface area contributed by atoms with Gasteiger partial charge in [-0.05, 0) is 80.1 Å². The summed E-state index contributed by atoms with van der Waals surface area (Å²) in [7, 11) is 8.97. The number of carbonyl (C=O) groups is 2. The van der Waals surface area contributed by atoms with Crippen LogP contribution in [0.15, 0.2) is 24.3 Å². The maximum atomic E-state index is 12.9. The van der Waals surface area contributed by atoms with Crippen LogP contribution in [0.5, 0.6) is 0 Å². The van der Waals surface area contributed by atoms with E-state index >= 15 is 0 Å². The van der Waals surface area contributed by atoms with Crippen molar-refractivity contribution in [2.75, 3.05) is 35.3 Å². The fraction of sp³-hybridized carbons (Fsp3) is 0.833. The SMILES string of the molecule is COC1[C@H](O)CC(=O)O[C@H](C)C/C=C/C=C/[C@H](O[C@H]2CC[C@H](N(C)C)[C@@H](C)O2)[C@H](C)C[C@H](CC=O)[C@@H]1O[C@@H]1O[C@H](C)[C@@H](O)[C@H](N(C)C)[C@H]1O. The first-order valence-electron chi connectivity index (χ1n) is 17.7. The number of carbonyl (C=O) groups excluding carboxylic acids is 2. The Morgan fingerprint density at radius 3 is 2.24 bits per heavy atom. The van der Waals surface area contributed by atoms with Crippen molar-refractivity contribution >= 4 is 12.3 Å². The highest BCUT2D eigenvalue weighted by Crippen LogP contribution is 2.34. The van der Waals surface area contributed by atoms with E-state index in [1.165, 1.54) is 7.11 Å². The minimum Gasteiger partial charge on any atom is -0.462 e. The second-order valence-electron chi connectivity index (χ2n) is 14.4. The molecule has 3 rings (SSSR count). The first-order chi connectivity index (χ1) is 23.2. The summed E-state index contributed by atoms with van der Waals surface area (Å²) in [5, 5.41) is 33.6. The number of ether oxygens (including phenoxy) is 6. The highest BCUT2D eigenvalue weighted by atomic mass is 16.7. The van der Waals surface area contributed by atoms with Gasteiger partial charge in [-0.3, -0.25) is 4.79 Å². The van der Waals surface area contributed by atoms with Crippen LogP contribution in [0.3, 0.4) is 0 Å². The van der Waals surface area contributed by atoms with Gasteiger partial charge < -0.3 is 58.3 Å². The summed E-state index contributed by atoms with van der Waals surface area (Å²) in [6, 6.07) is -0.434. The number of hydrogen-bond donors (Lipinski definition) is 3. The van der Waals surface area contributed by atoms with Crippen LogP contribution in [0.2, 0.25) is 0 Å². The van der Waals surface area contributed by atoms with E-state index in [-0.39, 0.29) is 30.9 Å². The van der Waals surface area contributed by atoms with Gasteiger partial charge in [-0.15, -0.1) is 0 Å². The first-order valence-corrected chi connectivity index (χ1v) is 17.7. The number of cyclic esters (lactones) is 1. The predicted molar refractivity (Wildman–Crippen MR) is 182 cm³/mol. The summed E-state index contributed by atoms with van der Waals surface area (Å²) in [5.41, 5.74) is 0. The molecule has 0 aromatic heterocycles. The van der Waals surface area contributed by atoms with Gasteiger partial charge in [0.05, 0.1) is 49.1 Å². The van der Waals surface area contributed by atoms with Crippen molar-refractivity contribution in [3.63, 3.8) is 0 Å². The zero-order chi connectivity index (χ0) is 36.4. The van der Waals surface area contributed by atoms with Gasteiger partial charge in [-0.1, -0.05) is 31.2 Å². The predicted octanol–water partition coefficient (Wildman–Crippen LogP) is 2.05. The van der Waals surface area contributed by atoms with Crippen molar-refractivity contribution < 1.29 is 53.3 Å². The molecule has 3 heterocycles. The molecule has 3 aliphatic heterocycles. The van der Waals surface area contributed by atoms with Gasteiger partial charge in [0.15, 0.2) is 12.6 Å². The number of likely N-dealkylation sites (N-methyl/N-ethyl adjacent to an activating group) is 2. The molecule has 0 saturated carbocycles. The summed E-state index contributed by atoms with van der Waals surface area (Å²) in [6.07, 6.45) is 1.58. The Morgan fingerprint density at radius 2 is 1.63 bits per heavy atom. The Bertz CT molecular complexity index is 1070. The summed E-state index contributed by atoms with van der Waals surface area (Å²) in [5.74, 6) is -1.35. The molecule has 13 heteroatoms. The van der Waals surface area contributed by atoms with Crippen LogP contribution in [-0.4, -0.2) is 152 Å². The average molecular weight is 699 g/mol. The molecule has 0 bridgehead atoms. The molecule has 2 saturated heterocycles. The Balaban J connectivity index is 2.00. The number of aliphatic hydroxyl groups excluding tert-OH is 3. The van der Waals surface area contributed by atoms with Crippen LogP contribution in [0.1, 0.15) is 66.2 Å². The molecular formula is C36H62N2O11. The lowest BCUT2D eigenvalue weighted by molar-refractivity contribution is -0.309. The highest BCUT2D eigenvalue weighted by molar-refractivity contribution is 5.70. The Labute approximate surface area is 292 Å². The number of rotatable bonds is 9. The molecule has 282 valence electrons. The van der Waals surface area contributed by atoms with Gasteiger partial charge in [-0.25, -0.2) is 0 Å². The molecule has 13 nitrogen and oxygen atoms in total. The molecule has 0 aromatic rings. The number of methoxy groups -OCH3 is 1. The third-order valence-electron chi connectivity index (χ3n) is 10.1. The zero-order valence-electron chi connectivity index (χ0n) is 30.8. The minimum absolute atomic E-state index is 0.0262. The van der Waals surface area contributed by atoms with Crippen LogP contribution in [0.25, 0.3) is 0 Å². The van der Waals surface area contributed by atoms with E-state index in [2.05, 4.69) is 11.8 Å². The second kappa shape index (κ2) is 19.7. The third-order valence-corrected chi connectivity index (χ3v) is 10.1. The lowest BCUT2D eigenvalue weighted by Gasteiger charge is -2.46. The molecule has 15 atom stereocenters. The van der Waals surface area contributed by atoms with E-state index in [0.29, 0.717) is 12.8 Å². The van der Waals surface area contributed by atoms with Crippen molar-refractivity contribution in [2.24, 2.45) is 11.8 Å². The largest absolute Gasteiger partial charge is 0.462 e. The fourth-order valence-corrected chi connectivity index (χ4v) is 7.35. The molecule has 0 spiro atoms. The molecule has 49 heavy (non-hydrogen) atoms. The van der Waals surface area contributed by atoms with Gasteiger partial charge in [0.2, 0.25) is 0 Å². The molecule has 2 fully saturated rings. The number of aliphatic hydroxyl groups is 3. The molecule has 0 radical (unpaired) electrons. The van der Waals surface area contributed by atoms with E-state index in [0.717, 1.165) is 19.1 Å². The van der Waals surface area contributed by atoms with E-state index in [1.807, 2.05) is 45.3 Å². The topological polar surface area (TPSA) is 157 Å². The fourth-order valence-electron chi connectivity index (χ4n) is 7.35. The lowest BCUT2D eigenvalue weighted by Crippen LogP contribution is -2.63. The van der Waals surface area contributed by atoms with Gasteiger partial charge in [0.1, 0.15) is 24.6 Å². The van der Waals surface area contributed by atoms with Gasteiger partial charge in [0, 0.05) is 26.0 Å². The number of hydrogen-bond acceptors (Lipinski definition) is 13. The number of nitrogens with zero attached hydrogens (tertiary/aromatic N) is 2. The van der Waals surface area contributed by atoms with Crippen LogP contribution in [0.4, 0.5) is 0 Å². The maximum Gasteiger partial charge on any atom is 0.308 e. The molecular weight excluding hydrogens is 636 g/mol. The zero-order valence-corrected chi connectivity index (χ0v) is 30.8. The molecule has 1 unspecified atom stereocenters. The Morgan fingerprint density at radius 1 is 0.918 bits per heavy atom. The van der Waals surface area contributed by atoms with Crippen LogP contribution in [-0.2, 0) is 38.0 Å². The van der Waals surface area contributed by atoms with Crippen molar-refractivity contribution in [3.05, 3.63) is 24.3 Å². The van der Waals surface area contributed by atoms with E-state index < -0.39 is 79.3 Å². The van der Waals surface area contributed by atoms with Gasteiger partial charge >= 0.3 is 5.97 Å². The smallest absolute Gasteiger partial charge is 0.308 e. The maximum absolute atomic E-state index is 12.9. The number of esters is 1. The summed E-state index contributed by atoms with van der Waals surface area (Å²) >= 11 is 0. The van der Waals surface area contributed by atoms with Gasteiger partial charge in [-0.2, -0.15) is 0 Å². The van der Waals surface area contributed by atoms with Crippen LogP contribution >= 0.6 is 0 Å². The Kier molecular flexibility index (Phi) is 16.8. The quantitative estimate of drug-likeness (QED) is 0.238. The van der Waals surface area contributed by atoms with Crippen molar-refractivity contribution in [3.8, 4) is 0 Å². The van der Waals surface area contributed by atoms with E-state index in [4.69, 9.17) is 28.4 Å². The lowest BCUT2D eigenvalue weighted by atomic mass is 9.82. The van der Waals surface area contributed by atoms with Crippen molar-refractivity contribution in [1.82, 2.24) is 9.80 Å². The van der Waals surface area contributed by atoms with E-state index in [1.54, 1.807) is 32.8 Å². The van der Waals surface area contributed by atoms with E-state index in [9.17, 15) is 24.9 Å². The molecule has 3 aliphatic rings. The molecule has 3 N–H and O–H groups in total. The monoisotopic (exact) mass is 698 g/mol. The average Bonchev–Trinajstić information content (AvgIpc) is 3.01. The van der Waals surface area contributed by atoms with Crippen LogP contribution in [0, 0.1) is 11.8 Å². The Hall–Kier alpha value is -1.78. The highest BCUT2D eigenvalue weighted by Gasteiger charge is 2.48. The summed E-state index contributed by atoms with van der Waals surface area (Å²) in [6.45, 7) is 7.53. The van der Waals surface area contributed by atoms with Crippen molar-refractivity contribution in [1.29, 1.82) is 0 Å². The first kappa shape index (κ1) is 41.6. The molecule has 0 aliphatic carbocycles. The summed E-state index contributed by atoms with van der Waals surface area (Å²) in [4.78, 5) is 29.0. The third kappa shape index (κ3) is 11.6. The standard InChI is InChI=1S/C36H62N2O11/c1-21-19-25(17-18-39)34(49-36-33(43)31(38(7)8)32(42)24(4)47-36)35(44-9)27(40)20-29(41)45-22(2)13-11-10-12-14-28(21)48-30-16-15-26(37(5)6)23(3)46-30/h10-12,14,18,21-28,30-36,40,42-43H,13,15-17,19-20H2,1-9H3/b11-10+,14-12+/t21-,22-,23-,24-,25+,26+,27-,28+,30+,31+,32-,33-,34+,35?,36+/m1/s1. The van der Waals surface area contributed by atoms with Crippen LogP contribution < -0.4 is 0 Å². The normalized spacial score (nSPS) is 43.2. The number of allylic oxidation sites excluding steroid dienone is 2. The molecule has 0 amide bonds. The number of aldehydes is 1. The van der Waals surface area contributed by atoms with Gasteiger partial charge in [0.25, 0.3) is 0 Å². The second-order valence-corrected chi connectivity index (χ2v) is 14.4. The summed E-state index contributed by atoms with van der Waals surface area (Å²) < 4.78 is 36.8. The molecule has 0 aromatic carbocycles. The minimum atomic E-state index is -1.37.